The number of nitrogens with zero attached hydrogens (tertiary/aromatic N) is 3. The lowest BCUT2D eigenvalue weighted by atomic mass is 10.1. The lowest BCUT2D eigenvalue weighted by molar-refractivity contribution is 0.217. The van der Waals surface area contributed by atoms with Crippen LogP contribution in [-0.2, 0) is 6.54 Å². The fraction of sp³-hybridized carbons (Fsp3) is 0.538. The Hall–Kier alpha value is -1.20. The number of hydrogen-bond donors (Lipinski definition) is 1. The first kappa shape index (κ1) is 13.2. The van der Waals surface area contributed by atoms with Crippen molar-refractivity contribution in [3.05, 3.63) is 17.3 Å². The third kappa shape index (κ3) is 2.62. The maximum absolute atomic E-state index is 5.96. The molecule has 0 spiro atoms. The molecule has 0 aliphatic heterocycles. The Kier molecular flexibility index (Phi) is 4.14. The normalized spacial score (nSPS) is 11.8. The van der Waals surface area contributed by atoms with E-state index in [1.807, 2.05) is 11.4 Å². The van der Waals surface area contributed by atoms with Gasteiger partial charge in [-0.25, -0.2) is 9.97 Å². The highest BCUT2D eigenvalue weighted by molar-refractivity contribution is 7.16. The number of fused-ring (bicyclic) bond motifs is 1. The minimum absolute atomic E-state index is 0.578. The number of nitrogens with two attached hydrogens (primary N) is 1. The number of nitrogen functional groups attached to an aromatic ring is 1. The Balaban J connectivity index is 2.21. The van der Waals surface area contributed by atoms with E-state index >= 15 is 0 Å². The Labute approximate surface area is 112 Å². The minimum Gasteiger partial charge on any atom is -0.383 e. The van der Waals surface area contributed by atoms with Gasteiger partial charge < -0.3 is 5.73 Å². The summed E-state index contributed by atoms with van der Waals surface area (Å²) < 4.78 is 0. The number of hydrogen-bond acceptors (Lipinski definition) is 5. The van der Waals surface area contributed by atoms with E-state index in [-0.39, 0.29) is 0 Å². The molecular formula is C13H20N4S. The predicted molar refractivity (Wildman–Crippen MR) is 77.7 cm³/mol. The molecule has 4 nitrogen and oxygen atoms in total. The van der Waals surface area contributed by atoms with Crippen molar-refractivity contribution in [3.8, 4) is 0 Å². The van der Waals surface area contributed by atoms with Gasteiger partial charge in [0.25, 0.3) is 0 Å². The number of anilines is 1. The van der Waals surface area contributed by atoms with Crippen molar-refractivity contribution in [1.82, 2.24) is 14.9 Å². The number of rotatable bonds is 5. The minimum atomic E-state index is 0.578. The van der Waals surface area contributed by atoms with Crippen LogP contribution in [0.2, 0.25) is 0 Å². The fourth-order valence-electron chi connectivity index (χ4n) is 2.26. The summed E-state index contributed by atoms with van der Waals surface area (Å²) >= 11 is 1.61. The lowest BCUT2D eigenvalue weighted by Gasteiger charge is -2.25. The molecular weight excluding hydrogens is 244 g/mol. The van der Waals surface area contributed by atoms with Crippen molar-refractivity contribution in [3.63, 3.8) is 0 Å². The van der Waals surface area contributed by atoms with Crippen LogP contribution in [-0.4, -0.2) is 28.0 Å². The maximum atomic E-state index is 5.96. The maximum Gasteiger partial charge on any atom is 0.146 e. The van der Waals surface area contributed by atoms with Gasteiger partial charge in [0.05, 0.1) is 11.9 Å². The Morgan fingerprint density at radius 1 is 1.33 bits per heavy atom. The third-order valence-electron chi connectivity index (χ3n) is 3.36. The van der Waals surface area contributed by atoms with Crippen molar-refractivity contribution in [2.75, 3.05) is 12.8 Å². The number of aromatic nitrogens is 2. The van der Waals surface area contributed by atoms with E-state index in [2.05, 4.69) is 35.8 Å². The first-order chi connectivity index (χ1) is 8.65. The van der Waals surface area contributed by atoms with Crippen LogP contribution >= 0.6 is 11.3 Å². The predicted octanol–water partition coefficient (Wildman–Crippen LogP) is 2.89. The molecule has 0 fully saturated rings. The standard InChI is InChI=1S/C13H20N4S/c1-4-9(5-2)17(3)8-11-15-12(14)10-6-7-18-13(10)16-11/h6-7,9H,4-5,8H2,1-3H3,(H2,14,15,16). The van der Waals surface area contributed by atoms with Gasteiger partial charge in [-0.2, -0.15) is 0 Å². The van der Waals surface area contributed by atoms with Gasteiger partial charge >= 0.3 is 0 Å². The second-order valence-electron chi connectivity index (χ2n) is 4.55. The monoisotopic (exact) mass is 264 g/mol. The molecule has 0 atom stereocenters. The zero-order valence-electron chi connectivity index (χ0n) is 11.2. The summed E-state index contributed by atoms with van der Waals surface area (Å²) in [5.41, 5.74) is 5.96. The highest BCUT2D eigenvalue weighted by atomic mass is 32.1. The largest absolute Gasteiger partial charge is 0.383 e. The van der Waals surface area contributed by atoms with Gasteiger partial charge in [-0.1, -0.05) is 13.8 Å². The Morgan fingerprint density at radius 2 is 2.06 bits per heavy atom. The molecule has 2 heterocycles. The second-order valence-corrected chi connectivity index (χ2v) is 5.44. The molecule has 0 saturated carbocycles. The molecule has 0 bridgehead atoms. The average Bonchev–Trinajstić information content (AvgIpc) is 2.79. The smallest absolute Gasteiger partial charge is 0.146 e. The first-order valence-electron chi connectivity index (χ1n) is 6.35. The van der Waals surface area contributed by atoms with Crippen LogP contribution in [0.1, 0.15) is 32.5 Å². The Morgan fingerprint density at radius 3 is 2.72 bits per heavy atom. The molecule has 0 aliphatic carbocycles. The quantitative estimate of drug-likeness (QED) is 0.902. The van der Waals surface area contributed by atoms with Gasteiger partial charge in [-0.3, -0.25) is 4.90 Å². The highest BCUT2D eigenvalue weighted by Gasteiger charge is 2.13. The average molecular weight is 264 g/mol. The van der Waals surface area contributed by atoms with Crippen LogP contribution in [0.15, 0.2) is 11.4 Å². The van der Waals surface area contributed by atoms with Gasteiger partial charge in [-0.05, 0) is 31.3 Å². The van der Waals surface area contributed by atoms with Gasteiger partial charge in [-0.15, -0.1) is 11.3 Å². The molecule has 18 heavy (non-hydrogen) atoms. The summed E-state index contributed by atoms with van der Waals surface area (Å²) in [5, 5.41) is 2.97. The zero-order valence-corrected chi connectivity index (χ0v) is 12.0. The van der Waals surface area contributed by atoms with Crippen LogP contribution in [0, 0.1) is 0 Å². The topological polar surface area (TPSA) is 55.0 Å². The molecule has 0 unspecified atom stereocenters. The third-order valence-corrected chi connectivity index (χ3v) is 4.16. The summed E-state index contributed by atoms with van der Waals surface area (Å²) in [6.07, 6.45) is 2.29. The molecule has 0 aliphatic rings. The van der Waals surface area contributed by atoms with E-state index in [1.165, 1.54) is 0 Å². The highest BCUT2D eigenvalue weighted by Crippen LogP contribution is 2.23. The number of thiophene rings is 1. The van der Waals surface area contributed by atoms with Crippen LogP contribution < -0.4 is 5.73 Å². The lowest BCUT2D eigenvalue weighted by Crippen LogP contribution is -2.30. The summed E-state index contributed by atoms with van der Waals surface area (Å²) in [6.45, 7) is 5.18. The fourth-order valence-corrected chi connectivity index (χ4v) is 3.05. The van der Waals surface area contributed by atoms with Crippen molar-refractivity contribution in [2.24, 2.45) is 0 Å². The molecule has 5 heteroatoms. The van der Waals surface area contributed by atoms with E-state index in [1.54, 1.807) is 11.3 Å². The first-order valence-corrected chi connectivity index (χ1v) is 7.23. The summed E-state index contributed by atoms with van der Waals surface area (Å²) in [6, 6.07) is 2.55. The molecule has 2 aromatic rings. The van der Waals surface area contributed by atoms with E-state index in [4.69, 9.17) is 5.73 Å². The van der Waals surface area contributed by atoms with Gasteiger partial charge in [0, 0.05) is 6.04 Å². The van der Waals surface area contributed by atoms with Crippen LogP contribution in [0.3, 0.4) is 0 Å². The Bertz CT molecular complexity index is 519. The van der Waals surface area contributed by atoms with Crippen molar-refractivity contribution < 1.29 is 0 Å². The van der Waals surface area contributed by atoms with Crippen LogP contribution in [0.4, 0.5) is 5.82 Å². The van der Waals surface area contributed by atoms with Gasteiger partial charge in [0.15, 0.2) is 0 Å². The summed E-state index contributed by atoms with van der Waals surface area (Å²) in [5.74, 6) is 1.41. The summed E-state index contributed by atoms with van der Waals surface area (Å²) in [7, 11) is 2.12. The van der Waals surface area contributed by atoms with Crippen molar-refractivity contribution >= 4 is 27.4 Å². The van der Waals surface area contributed by atoms with Gasteiger partial charge in [0.2, 0.25) is 0 Å². The zero-order chi connectivity index (χ0) is 13.1. The SMILES string of the molecule is CCC(CC)N(C)Cc1nc(N)c2ccsc2n1. The molecule has 98 valence electrons. The van der Waals surface area contributed by atoms with E-state index in [9.17, 15) is 0 Å². The molecule has 2 rings (SSSR count). The van der Waals surface area contributed by atoms with Crippen LogP contribution in [0.25, 0.3) is 10.2 Å². The molecule has 2 N–H and O–H groups in total. The van der Waals surface area contributed by atoms with Crippen molar-refractivity contribution in [1.29, 1.82) is 0 Å². The molecule has 0 amide bonds. The van der Waals surface area contributed by atoms with E-state index in [0.29, 0.717) is 11.9 Å². The van der Waals surface area contributed by atoms with E-state index < -0.39 is 0 Å². The summed E-state index contributed by atoms with van der Waals surface area (Å²) in [4.78, 5) is 12.3. The van der Waals surface area contributed by atoms with Gasteiger partial charge in [0.1, 0.15) is 16.5 Å². The van der Waals surface area contributed by atoms with Crippen LogP contribution in [0.5, 0.6) is 0 Å². The van der Waals surface area contributed by atoms with E-state index in [0.717, 1.165) is 35.4 Å². The molecule has 0 radical (unpaired) electrons. The molecule has 0 aromatic carbocycles. The molecule has 0 saturated heterocycles. The van der Waals surface area contributed by atoms with Crippen molar-refractivity contribution in [2.45, 2.75) is 39.3 Å². The second kappa shape index (κ2) is 5.63. The molecule has 2 aromatic heterocycles.